The van der Waals surface area contributed by atoms with E-state index >= 15 is 0 Å². The van der Waals surface area contributed by atoms with Crippen LogP contribution in [-0.2, 0) is 9.53 Å². The minimum atomic E-state index is -0.361. The number of nitrogens with one attached hydrogen (secondary N) is 1. The second-order valence-electron chi connectivity index (χ2n) is 6.49. The first-order chi connectivity index (χ1) is 12.1. The van der Waals surface area contributed by atoms with E-state index in [-0.39, 0.29) is 42.2 Å². The smallest absolute Gasteiger partial charge is 0.253 e. The lowest BCUT2D eigenvalue weighted by molar-refractivity contribution is -0.139. The van der Waals surface area contributed by atoms with Crippen molar-refractivity contribution in [1.82, 2.24) is 15.1 Å². The molecule has 0 spiro atoms. The second-order valence-corrected chi connectivity index (χ2v) is 6.49. The molecule has 1 aromatic rings. The first kappa shape index (κ1) is 20.6. The molecule has 2 amide bonds. The Morgan fingerprint density at radius 3 is 2.46 bits per heavy atom. The summed E-state index contributed by atoms with van der Waals surface area (Å²) in [6, 6.07) is 5.24. The van der Waals surface area contributed by atoms with E-state index in [2.05, 4.69) is 5.32 Å². The highest BCUT2D eigenvalue weighted by molar-refractivity contribution is 5.94. The molecule has 6 nitrogen and oxygen atoms in total. The molecule has 8 heteroatoms. The van der Waals surface area contributed by atoms with Crippen LogP contribution in [0.25, 0.3) is 0 Å². The van der Waals surface area contributed by atoms with E-state index in [1.54, 1.807) is 9.80 Å². The number of carbonyl (C=O) groups excluding carboxylic acids is 2. The molecule has 2 atom stereocenters. The van der Waals surface area contributed by atoms with Crippen LogP contribution in [0.3, 0.4) is 0 Å². The van der Waals surface area contributed by atoms with Gasteiger partial charge in [0.1, 0.15) is 11.9 Å². The van der Waals surface area contributed by atoms with E-state index < -0.39 is 0 Å². The molecule has 0 radical (unpaired) electrons. The number of benzene rings is 1. The number of amides is 2. The largest absolute Gasteiger partial charge is 0.375 e. The summed E-state index contributed by atoms with van der Waals surface area (Å²) in [5, 5.41) is 3.22. The molecule has 2 heterocycles. The average molecular weight is 386 g/mol. The van der Waals surface area contributed by atoms with Gasteiger partial charge in [0.15, 0.2) is 0 Å². The summed E-state index contributed by atoms with van der Waals surface area (Å²) < 4.78 is 18.6. The Balaban J connectivity index is 0.00000243. The van der Waals surface area contributed by atoms with Gasteiger partial charge in [-0.2, -0.15) is 0 Å². The van der Waals surface area contributed by atoms with Gasteiger partial charge in [0.05, 0.1) is 12.7 Å². The number of hydrogen-bond donors (Lipinski definition) is 1. The molecular weight excluding hydrogens is 361 g/mol. The summed E-state index contributed by atoms with van der Waals surface area (Å²) in [7, 11) is 0. The lowest BCUT2D eigenvalue weighted by Gasteiger charge is -2.33. The summed E-state index contributed by atoms with van der Waals surface area (Å²) in [4.78, 5) is 28.8. The molecule has 26 heavy (non-hydrogen) atoms. The third-order valence-electron chi connectivity index (χ3n) is 4.77. The van der Waals surface area contributed by atoms with E-state index in [1.807, 2.05) is 6.92 Å². The second kappa shape index (κ2) is 9.30. The van der Waals surface area contributed by atoms with Crippen LogP contribution in [0, 0.1) is 5.82 Å². The van der Waals surface area contributed by atoms with Gasteiger partial charge in [0.25, 0.3) is 5.91 Å². The van der Waals surface area contributed by atoms with E-state index in [4.69, 9.17) is 4.74 Å². The SMILES string of the molecule is C[C@H]1OCCN[C@@H]1C(=O)N1CCCN(C(=O)c2ccc(F)cc2)CC1.Cl. The van der Waals surface area contributed by atoms with Crippen molar-refractivity contribution >= 4 is 24.2 Å². The quantitative estimate of drug-likeness (QED) is 0.833. The van der Waals surface area contributed by atoms with Gasteiger partial charge in [-0.15, -0.1) is 12.4 Å². The van der Waals surface area contributed by atoms with Crippen LogP contribution < -0.4 is 5.32 Å². The number of carbonyl (C=O) groups is 2. The third kappa shape index (κ3) is 4.72. The van der Waals surface area contributed by atoms with Crippen molar-refractivity contribution in [3.05, 3.63) is 35.6 Å². The fourth-order valence-corrected chi connectivity index (χ4v) is 3.32. The maximum atomic E-state index is 13.0. The predicted molar refractivity (Wildman–Crippen MR) is 98.0 cm³/mol. The minimum absolute atomic E-state index is 0. The zero-order chi connectivity index (χ0) is 17.8. The van der Waals surface area contributed by atoms with Gasteiger partial charge < -0.3 is 19.9 Å². The van der Waals surface area contributed by atoms with Crippen molar-refractivity contribution in [1.29, 1.82) is 0 Å². The van der Waals surface area contributed by atoms with Crippen LogP contribution in [0.1, 0.15) is 23.7 Å². The minimum Gasteiger partial charge on any atom is -0.375 e. The molecule has 2 fully saturated rings. The Morgan fingerprint density at radius 1 is 1.12 bits per heavy atom. The average Bonchev–Trinajstić information content (AvgIpc) is 2.88. The number of halogens is 2. The fraction of sp³-hybridized carbons (Fsp3) is 0.556. The molecule has 2 saturated heterocycles. The van der Waals surface area contributed by atoms with Crippen LogP contribution in [-0.4, -0.2) is 73.1 Å². The Kier molecular flexibility index (Phi) is 7.37. The highest BCUT2D eigenvalue weighted by atomic mass is 35.5. The monoisotopic (exact) mass is 385 g/mol. The van der Waals surface area contributed by atoms with E-state index in [0.717, 1.165) is 6.42 Å². The first-order valence-electron chi connectivity index (χ1n) is 8.75. The van der Waals surface area contributed by atoms with Crippen molar-refractivity contribution in [3.8, 4) is 0 Å². The van der Waals surface area contributed by atoms with Gasteiger partial charge >= 0.3 is 0 Å². The molecule has 1 aromatic carbocycles. The number of nitrogens with zero attached hydrogens (tertiary/aromatic N) is 2. The van der Waals surface area contributed by atoms with E-state index in [0.29, 0.717) is 44.9 Å². The highest BCUT2D eigenvalue weighted by Crippen LogP contribution is 2.13. The molecule has 0 unspecified atom stereocenters. The van der Waals surface area contributed by atoms with Crippen molar-refractivity contribution in [2.24, 2.45) is 0 Å². The Bertz CT molecular complexity index is 629. The van der Waals surface area contributed by atoms with Gasteiger partial charge in [-0.1, -0.05) is 0 Å². The summed E-state index contributed by atoms with van der Waals surface area (Å²) in [5.74, 6) is -0.453. The van der Waals surface area contributed by atoms with Gasteiger partial charge in [0, 0.05) is 38.3 Å². The Morgan fingerprint density at radius 2 is 1.77 bits per heavy atom. The molecule has 0 aliphatic carbocycles. The molecule has 144 valence electrons. The summed E-state index contributed by atoms with van der Waals surface area (Å²) in [6.45, 7) is 5.37. The highest BCUT2D eigenvalue weighted by Gasteiger charge is 2.33. The molecule has 2 aliphatic rings. The van der Waals surface area contributed by atoms with Crippen LogP contribution in [0.4, 0.5) is 4.39 Å². The molecule has 0 aromatic heterocycles. The number of hydrogen-bond acceptors (Lipinski definition) is 4. The van der Waals surface area contributed by atoms with E-state index in [1.165, 1.54) is 24.3 Å². The molecule has 2 aliphatic heterocycles. The molecule has 0 bridgehead atoms. The van der Waals surface area contributed by atoms with Crippen molar-refractivity contribution in [2.75, 3.05) is 39.3 Å². The molecule has 3 rings (SSSR count). The van der Waals surface area contributed by atoms with Crippen molar-refractivity contribution in [3.63, 3.8) is 0 Å². The molecular formula is C18H25ClFN3O3. The van der Waals surface area contributed by atoms with Crippen LogP contribution >= 0.6 is 12.4 Å². The Labute approximate surface area is 159 Å². The maximum absolute atomic E-state index is 13.0. The van der Waals surface area contributed by atoms with Gasteiger partial charge in [-0.05, 0) is 37.6 Å². The zero-order valence-corrected chi connectivity index (χ0v) is 15.6. The maximum Gasteiger partial charge on any atom is 0.253 e. The third-order valence-corrected chi connectivity index (χ3v) is 4.77. The summed E-state index contributed by atoms with van der Waals surface area (Å²) in [5.41, 5.74) is 0.470. The Hall–Kier alpha value is -1.70. The summed E-state index contributed by atoms with van der Waals surface area (Å²) >= 11 is 0. The zero-order valence-electron chi connectivity index (χ0n) is 14.8. The fourth-order valence-electron chi connectivity index (χ4n) is 3.32. The van der Waals surface area contributed by atoms with Crippen molar-refractivity contribution < 1.29 is 18.7 Å². The number of ether oxygens (including phenoxy) is 1. The lowest BCUT2D eigenvalue weighted by Crippen LogP contribution is -2.56. The summed E-state index contributed by atoms with van der Waals surface area (Å²) in [6.07, 6.45) is 0.571. The first-order valence-corrected chi connectivity index (χ1v) is 8.75. The van der Waals surface area contributed by atoms with Crippen LogP contribution in [0.2, 0.25) is 0 Å². The topological polar surface area (TPSA) is 61.9 Å². The van der Waals surface area contributed by atoms with Gasteiger partial charge in [0.2, 0.25) is 5.91 Å². The lowest BCUT2D eigenvalue weighted by atomic mass is 10.1. The van der Waals surface area contributed by atoms with Crippen LogP contribution in [0.5, 0.6) is 0 Å². The number of morpholine rings is 1. The molecule has 0 saturated carbocycles. The van der Waals surface area contributed by atoms with Crippen molar-refractivity contribution in [2.45, 2.75) is 25.5 Å². The number of rotatable bonds is 2. The predicted octanol–water partition coefficient (Wildman–Crippen LogP) is 1.30. The normalized spacial score (nSPS) is 23.8. The van der Waals surface area contributed by atoms with Gasteiger partial charge in [-0.3, -0.25) is 9.59 Å². The van der Waals surface area contributed by atoms with E-state index in [9.17, 15) is 14.0 Å². The van der Waals surface area contributed by atoms with Crippen LogP contribution in [0.15, 0.2) is 24.3 Å². The molecule has 1 N–H and O–H groups in total. The van der Waals surface area contributed by atoms with Gasteiger partial charge in [-0.25, -0.2) is 4.39 Å². The standard InChI is InChI=1S/C18H24FN3O3.ClH/c1-13-16(20-7-12-25-13)18(24)22-9-2-8-21(10-11-22)17(23)14-3-5-15(19)6-4-14;/h3-6,13,16,20H,2,7-12H2,1H3;1H/t13-,16+;/m1./s1.